The second kappa shape index (κ2) is 8.48. The van der Waals surface area contributed by atoms with Crippen molar-refractivity contribution >= 4 is 21.9 Å². The molecule has 2 aliphatic heterocycles. The first-order valence-electron chi connectivity index (χ1n) is 11.1. The van der Waals surface area contributed by atoms with Gasteiger partial charge in [-0.25, -0.2) is 18.0 Å². The maximum atomic E-state index is 13.0. The Labute approximate surface area is 193 Å². The summed E-state index contributed by atoms with van der Waals surface area (Å²) in [5.41, 5.74) is 0.857. The molecule has 3 heterocycles. The number of esters is 1. The molecule has 0 saturated carbocycles. The lowest BCUT2D eigenvalue weighted by molar-refractivity contribution is 0.0166. The Kier molecular flexibility index (Phi) is 5.98. The average molecular weight is 476 g/mol. The Morgan fingerprint density at radius 3 is 2.64 bits per heavy atom. The van der Waals surface area contributed by atoms with E-state index in [9.17, 15) is 18.0 Å². The molecule has 178 valence electrons. The Morgan fingerprint density at radius 1 is 1.21 bits per heavy atom. The number of carbonyl (C=O) groups excluding carboxylic acids is 2. The minimum atomic E-state index is -3.63. The monoisotopic (exact) mass is 475 g/mol. The van der Waals surface area contributed by atoms with Crippen LogP contribution in [0.25, 0.3) is 11.3 Å². The van der Waals surface area contributed by atoms with Gasteiger partial charge in [0.15, 0.2) is 15.5 Å². The highest BCUT2D eigenvalue weighted by molar-refractivity contribution is 7.90. The van der Waals surface area contributed by atoms with Crippen LogP contribution in [0.5, 0.6) is 0 Å². The average Bonchev–Trinajstić information content (AvgIpc) is 3.12. The summed E-state index contributed by atoms with van der Waals surface area (Å²) in [5.74, 6) is -0.974. The maximum absolute atomic E-state index is 13.0. The van der Waals surface area contributed by atoms with E-state index in [1.165, 1.54) is 0 Å². The highest BCUT2D eigenvalue weighted by Gasteiger charge is 2.39. The summed E-state index contributed by atoms with van der Waals surface area (Å²) in [5, 5.41) is 4.57. The lowest BCUT2D eigenvalue weighted by Crippen LogP contribution is -2.43. The van der Waals surface area contributed by atoms with Crippen LogP contribution in [0.1, 0.15) is 62.6 Å². The normalized spacial score (nSPS) is 19.4. The highest BCUT2D eigenvalue weighted by Crippen LogP contribution is 2.41. The summed E-state index contributed by atoms with van der Waals surface area (Å²) in [6.07, 6.45) is 1.06. The molecule has 10 heteroatoms. The van der Waals surface area contributed by atoms with Crippen LogP contribution >= 0.6 is 0 Å². The number of piperidine rings is 1. The van der Waals surface area contributed by atoms with E-state index in [0.717, 1.165) is 12.8 Å². The standard InChI is InChI=1S/C23H29N3O6S/c1-5-31-21(27)19-17-14-33(29,30)18-11-7-6-10-16(18)20(17)26(24-19)15-9-8-12-25(13-15)22(28)32-23(2,3)4/h6-7,10-11,15H,5,8-9,12-14H2,1-4H3. The maximum Gasteiger partial charge on any atom is 0.410 e. The first-order chi connectivity index (χ1) is 15.5. The SMILES string of the molecule is CCOC(=O)c1nn(C2CCCN(C(=O)OC(C)(C)C)C2)c2c1CS(=O)(=O)c1ccccc1-2. The first-order valence-corrected chi connectivity index (χ1v) is 12.8. The number of rotatable bonds is 3. The Bertz CT molecular complexity index is 1200. The van der Waals surface area contributed by atoms with Gasteiger partial charge in [-0.3, -0.25) is 4.68 Å². The quantitative estimate of drug-likeness (QED) is 0.624. The minimum Gasteiger partial charge on any atom is -0.461 e. The van der Waals surface area contributed by atoms with Crippen molar-refractivity contribution in [3.05, 3.63) is 35.5 Å². The van der Waals surface area contributed by atoms with E-state index in [-0.39, 0.29) is 29.0 Å². The van der Waals surface area contributed by atoms with Crippen molar-refractivity contribution in [1.82, 2.24) is 14.7 Å². The number of hydrogen-bond acceptors (Lipinski definition) is 7. The van der Waals surface area contributed by atoms with Gasteiger partial charge < -0.3 is 14.4 Å². The van der Waals surface area contributed by atoms with Gasteiger partial charge in [0.05, 0.1) is 29.0 Å². The fourth-order valence-electron chi connectivity index (χ4n) is 4.37. The molecule has 1 amide bonds. The van der Waals surface area contributed by atoms with Gasteiger partial charge in [0, 0.05) is 24.2 Å². The lowest BCUT2D eigenvalue weighted by Gasteiger charge is -2.35. The molecule has 1 aromatic heterocycles. The van der Waals surface area contributed by atoms with Crippen molar-refractivity contribution in [2.24, 2.45) is 0 Å². The summed E-state index contributed by atoms with van der Waals surface area (Å²) >= 11 is 0. The van der Waals surface area contributed by atoms with Gasteiger partial charge >= 0.3 is 12.1 Å². The smallest absolute Gasteiger partial charge is 0.410 e. The van der Waals surface area contributed by atoms with Gasteiger partial charge in [-0.15, -0.1) is 0 Å². The molecule has 1 aromatic carbocycles. The number of aromatic nitrogens is 2. The fraction of sp³-hybridized carbons (Fsp3) is 0.522. The van der Waals surface area contributed by atoms with Gasteiger partial charge in [0.1, 0.15) is 5.60 Å². The Balaban J connectivity index is 1.79. The van der Waals surface area contributed by atoms with Crippen molar-refractivity contribution in [2.45, 2.75) is 62.8 Å². The van der Waals surface area contributed by atoms with E-state index < -0.39 is 27.5 Å². The number of ether oxygens (including phenoxy) is 2. The summed E-state index contributed by atoms with van der Waals surface area (Å²) < 4.78 is 38.4. The zero-order valence-electron chi connectivity index (χ0n) is 19.3. The number of hydrogen-bond donors (Lipinski definition) is 0. The molecule has 2 aliphatic rings. The van der Waals surface area contributed by atoms with E-state index in [0.29, 0.717) is 29.9 Å². The van der Waals surface area contributed by atoms with E-state index >= 15 is 0 Å². The van der Waals surface area contributed by atoms with Crippen LogP contribution in [0.4, 0.5) is 4.79 Å². The number of nitrogens with zero attached hydrogens (tertiary/aromatic N) is 3. The second-order valence-electron chi connectivity index (χ2n) is 9.32. The molecular weight excluding hydrogens is 446 g/mol. The number of amides is 1. The molecule has 1 unspecified atom stereocenters. The second-order valence-corrected chi connectivity index (χ2v) is 11.3. The number of fused-ring (bicyclic) bond motifs is 3. The molecule has 2 aromatic rings. The summed E-state index contributed by atoms with van der Waals surface area (Å²) in [6.45, 7) is 8.20. The number of carbonyl (C=O) groups is 2. The third-order valence-electron chi connectivity index (χ3n) is 5.68. The van der Waals surface area contributed by atoms with E-state index in [2.05, 4.69) is 5.10 Å². The van der Waals surface area contributed by atoms with Gasteiger partial charge in [0.2, 0.25) is 0 Å². The predicted molar refractivity (Wildman–Crippen MR) is 121 cm³/mol. The predicted octanol–water partition coefficient (Wildman–Crippen LogP) is 3.59. The van der Waals surface area contributed by atoms with Crippen LogP contribution < -0.4 is 0 Å². The molecule has 0 radical (unpaired) electrons. The van der Waals surface area contributed by atoms with Crippen molar-refractivity contribution in [3.63, 3.8) is 0 Å². The van der Waals surface area contributed by atoms with Gasteiger partial charge in [0.25, 0.3) is 0 Å². The van der Waals surface area contributed by atoms with E-state index in [4.69, 9.17) is 9.47 Å². The molecule has 9 nitrogen and oxygen atoms in total. The fourth-order valence-corrected chi connectivity index (χ4v) is 5.96. The number of sulfone groups is 1. The Morgan fingerprint density at radius 2 is 1.94 bits per heavy atom. The summed E-state index contributed by atoms with van der Waals surface area (Å²) in [6, 6.07) is 6.50. The van der Waals surface area contributed by atoms with Crippen molar-refractivity contribution in [1.29, 1.82) is 0 Å². The summed E-state index contributed by atoms with van der Waals surface area (Å²) in [7, 11) is -3.63. The van der Waals surface area contributed by atoms with Crippen LogP contribution in [0, 0.1) is 0 Å². The van der Waals surface area contributed by atoms with Crippen molar-refractivity contribution in [3.8, 4) is 11.3 Å². The minimum absolute atomic E-state index is 0.0133. The van der Waals surface area contributed by atoms with Crippen LogP contribution in [0.3, 0.4) is 0 Å². The molecule has 0 N–H and O–H groups in total. The van der Waals surface area contributed by atoms with Gasteiger partial charge in [-0.1, -0.05) is 18.2 Å². The van der Waals surface area contributed by atoms with Gasteiger partial charge in [-0.2, -0.15) is 5.10 Å². The molecule has 1 atom stereocenters. The molecule has 1 saturated heterocycles. The molecule has 33 heavy (non-hydrogen) atoms. The van der Waals surface area contributed by atoms with Crippen molar-refractivity contribution < 1.29 is 27.5 Å². The third-order valence-corrected chi connectivity index (χ3v) is 7.38. The molecular formula is C23H29N3O6S. The van der Waals surface area contributed by atoms with Crippen LogP contribution in [-0.2, 0) is 25.1 Å². The van der Waals surface area contributed by atoms with Crippen molar-refractivity contribution in [2.75, 3.05) is 19.7 Å². The van der Waals surface area contributed by atoms with Crippen LogP contribution in [0.2, 0.25) is 0 Å². The highest BCUT2D eigenvalue weighted by atomic mass is 32.2. The van der Waals surface area contributed by atoms with Crippen LogP contribution in [-0.4, -0.2) is 60.5 Å². The lowest BCUT2D eigenvalue weighted by atomic mass is 10.0. The zero-order chi connectivity index (χ0) is 24.0. The zero-order valence-corrected chi connectivity index (χ0v) is 20.1. The number of likely N-dealkylation sites (tertiary alicyclic amines) is 1. The topological polar surface area (TPSA) is 108 Å². The Hall–Kier alpha value is -2.88. The largest absolute Gasteiger partial charge is 0.461 e. The number of benzene rings is 1. The first kappa shape index (κ1) is 23.3. The summed E-state index contributed by atoms with van der Waals surface area (Å²) in [4.78, 5) is 27.2. The molecule has 0 spiro atoms. The van der Waals surface area contributed by atoms with E-state index in [1.54, 1.807) is 40.8 Å². The van der Waals surface area contributed by atoms with Crippen LogP contribution in [0.15, 0.2) is 29.2 Å². The van der Waals surface area contributed by atoms with E-state index in [1.807, 2.05) is 20.8 Å². The molecule has 0 bridgehead atoms. The molecule has 1 fully saturated rings. The van der Waals surface area contributed by atoms with Gasteiger partial charge in [-0.05, 0) is 46.6 Å². The third kappa shape index (κ3) is 4.48. The molecule has 0 aliphatic carbocycles. The molecule has 4 rings (SSSR count).